The molecule has 98 heavy (non-hydrogen) atoms. The van der Waals surface area contributed by atoms with Gasteiger partial charge in [0.05, 0.1) is 26.4 Å². The molecule has 3 unspecified atom stereocenters. The summed E-state index contributed by atoms with van der Waals surface area (Å²) in [5.41, 5.74) is 0. The quantitative estimate of drug-likeness (QED) is 0.0222. The highest BCUT2D eigenvalue weighted by Gasteiger charge is 2.30. The number of phosphoric acid groups is 2. The fourth-order valence-electron chi connectivity index (χ4n) is 12.0. The lowest BCUT2D eigenvalue weighted by molar-refractivity contribution is -0.161. The van der Waals surface area contributed by atoms with Gasteiger partial charge in [0.2, 0.25) is 0 Å². The van der Waals surface area contributed by atoms with E-state index in [0.29, 0.717) is 31.6 Å². The Morgan fingerprint density at radius 3 is 0.724 bits per heavy atom. The highest BCUT2D eigenvalue weighted by atomic mass is 31.2. The number of aliphatic hydroxyl groups is 1. The summed E-state index contributed by atoms with van der Waals surface area (Å²) in [4.78, 5) is 72.9. The second-order valence-electron chi connectivity index (χ2n) is 30.1. The fraction of sp³-hybridized carbons (Fsp3) is 0.949. The maximum absolute atomic E-state index is 13.1. The van der Waals surface area contributed by atoms with Gasteiger partial charge in [-0.05, 0) is 49.4 Å². The summed E-state index contributed by atoms with van der Waals surface area (Å²) in [6, 6.07) is 0. The minimum Gasteiger partial charge on any atom is -0.462 e. The van der Waals surface area contributed by atoms with Crippen molar-refractivity contribution < 1.29 is 80.2 Å². The molecule has 3 N–H and O–H groups in total. The molecule has 0 aliphatic carbocycles. The Morgan fingerprint density at radius 1 is 0.286 bits per heavy atom. The summed E-state index contributed by atoms with van der Waals surface area (Å²) >= 11 is 0. The molecule has 0 heterocycles. The van der Waals surface area contributed by atoms with Crippen molar-refractivity contribution in [3.8, 4) is 0 Å². The topological polar surface area (TPSA) is 237 Å². The smallest absolute Gasteiger partial charge is 0.462 e. The molecule has 0 aromatic heterocycles. The minimum atomic E-state index is -4.96. The molecule has 19 heteroatoms. The van der Waals surface area contributed by atoms with Gasteiger partial charge in [0, 0.05) is 25.7 Å². The van der Waals surface area contributed by atoms with Gasteiger partial charge < -0.3 is 33.8 Å². The van der Waals surface area contributed by atoms with Crippen LogP contribution in [0.25, 0.3) is 0 Å². The Labute approximate surface area is 600 Å². The number of esters is 4. The molecule has 0 aromatic carbocycles. The second-order valence-corrected chi connectivity index (χ2v) is 33.0. The summed E-state index contributed by atoms with van der Waals surface area (Å²) in [6.45, 7) is 14.2. The lowest BCUT2D eigenvalue weighted by Gasteiger charge is -2.21. The van der Waals surface area contributed by atoms with Crippen LogP contribution in [0.4, 0.5) is 0 Å². The van der Waals surface area contributed by atoms with E-state index in [1.807, 2.05) is 0 Å². The first-order chi connectivity index (χ1) is 47.1. The summed E-state index contributed by atoms with van der Waals surface area (Å²) in [6.07, 6.45) is 54.2. The fourth-order valence-corrected chi connectivity index (χ4v) is 13.6. The maximum atomic E-state index is 13.1. The first-order valence-corrected chi connectivity index (χ1v) is 43.7. The van der Waals surface area contributed by atoms with Crippen LogP contribution in [0.15, 0.2) is 0 Å². The molecule has 0 aliphatic rings. The first-order valence-electron chi connectivity index (χ1n) is 40.7. The zero-order chi connectivity index (χ0) is 72.4. The molecular formula is C79H154O17P2. The van der Waals surface area contributed by atoms with E-state index < -0.39 is 97.5 Å². The summed E-state index contributed by atoms with van der Waals surface area (Å²) in [7, 11) is -9.92. The number of ether oxygens (including phenoxy) is 4. The van der Waals surface area contributed by atoms with E-state index in [1.165, 1.54) is 199 Å². The van der Waals surface area contributed by atoms with Gasteiger partial charge in [-0.2, -0.15) is 0 Å². The van der Waals surface area contributed by atoms with Crippen molar-refractivity contribution in [1.29, 1.82) is 0 Å². The Hall–Kier alpha value is -1.94. The molecule has 0 radical (unpaired) electrons. The van der Waals surface area contributed by atoms with Crippen LogP contribution in [0.5, 0.6) is 0 Å². The highest BCUT2D eigenvalue weighted by molar-refractivity contribution is 7.47. The SMILES string of the molecule is CCC(C)CCCCCCCCCCCCC(=O)OC[C@H](COP(=O)(O)OC[C@@H](O)COP(=O)(O)OC[C@@H](COC(=O)CCCCCCCCC(C)C)OC(=O)CCCCCCCCCCCCCCCCC(C)C)OC(=O)CCCCCCCCCCCCCCCCCC(C)C. The Morgan fingerprint density at radius 2 is 0.490 bits per heavy atom. The standard InChI is InChI=1S/C79H154O17P2/c1-9-72(8)58-50-42-33-27-23-24-28-34-43-51-59-76(81)89-65-74(95-78(83)61-53-45-35-29-21-17-12-10-11-15-19-25-31-39-47-55-69(2)3)67-93-97(85,86)91-63-73(80)64-92-98(87,88)94-68-75(66-90-77(82)60-52-44-38-37-41-49-57-71(6)7)96-79(84)62-54-46-36-30-22-18-14-13-16-20-26-32-40-48-56-70(4)5/h69-75,80H,9-68H2,1-8H3,(H,85,86)(H,87,88)/t72?,73-,74-,75-/m1/s1. The van der Waals surface area contributed by atoms with Crippen LogP contribution < -0.4 is 0 Å². The van der Waals surface area contributed by atoms with Crippen molar-refractivity contribution in [3.05, 3.63) is 0 Å². The molecule has 0 rings (SSSR count). The number of phosphoric ester groups is 2. The van der Waals surface area contributed by atoms with Crippen molar-refractivity contribution in [2.24, 2.45) is 23.7 Å². The number of carbonyl (C=O) groups excluding carboxylic acids is 4. The summed E-state index contributed by atoms with van der Waals surface area (Å²) in [5, 5.41) is 10.6. The zero-order valence-electron chi connectivity index (χ0n) is 64.4. The van der Waals surface area contributed by atoms with Gasteiger partial charge in [0.15, 0.2) is 12.2 Å². The monoisotopic (exact) mass is 1440 g/mol. The average molecular weight is 1440 g/mol. The third kappa shape index (κ3) is 71.1. The Kier molecular flexibility index (Phi) is 66.8. The summed E-state index contributed by atoms with van der Waals surface area (Å²) < 4.78 is 68.6. The van der Waals surface area contributed by atoms with Crippen molar-refractivity contribution in [2.45, 2.75) is 420 Å². The van der Waals surface area contributed by atoms with Crippen LogP contribution >= 0.6 is 15.6 Å². The van der Waals surface area contributed by atoms with E-state index >= 15 is 0 Å². The number of aliphatic hydroxyl groups excluding tert-OH is 1. The lowest BCUT2D eigenvalue weighted by Crippen LogP contribution is -2.30. The van der Waals surface area contributed by atoms with Gasteiger partial charge >= 0.3 is 39.5 Å². The third-order valence-electron chi connectivity index (χ3n) is 18.7. The van der Waals surface area contributed by atoms with E-state index in [4.69, 9.17) is 37.0 Å². The number of unbranched alkanes of at least 4 members (excludes halogenated alkanes) is 41. The van der Waals surface area contributed by atoms with E-state index in [0.717, 1.165) is 114 Å². The lowest BCUT2D eigenvalue weighted by atomic mass is 9.99. The van der Waals surface area contributed by atoms with Gasteiger partial charge in [0.25, 0.3) is 0 Å². The third-order valence-corrected chi connectivity index (χ3v) is 20.6. The van der Waals surface area contributed by atoms with Crippen LogP contribution in [-0.2, 0) is 65.4 Å². The van der Waals surface area contributed by atoms with Crippen molar-refractivity contribution >= 4 is 39.5 Å². The minimum absolute atomic E-state index is 0.106. The molecule has 17 nitrogen and oxygen atoms in total. The molecule has 0 saturated heterocycles. The maximum Gasteiger partial charge on any atom is 0.472 e. The van der Waals surface area contributed by atoms with Crippen LogP contribution in [0.2, 0.25) is 0 Å². The second kappa shape index (κ2) is 68.2. The Balaban J connectivity index is 5.23. The van der Waals surface area contributed by atoms with Crippen molar-refractivity contribution in [1.82, 2.24) is 0 Å². The molecule has 0 bridgehead atoms. The Bertz CT molecular complexity index is 1920. The van der Waals surface area contributed by atoms with E-state index in [1.54, 1.807) is 0 Å². The van der Waals surface area contributed by atoms with E-state index in [2.05, 4.69) is 55.4 Å². The van der Waals surface area contributed by atoms with Crippen LogP contribution in [0.3, 0.4) is 0 Å². The normalized spacial score (nSPS) is 14.3. The van der Waals surface area contributed by atoms with Crippen molar-refractivity contribution in [2.75, 3.05) is 39.6 Å². The molecular weight excluding hydrogens is 1280 g/mol. The van der Waals surface area contributed by atoms with Gasteiger partial charge in [-0.25, -0.2) is 9.13 Å². The molecule has 582 valence electrons. The predicted octanol–water partition coefficient (Wildman–Crippen LogP) is 23.2. The number of hydrogen-bond donors (Lipinski definition) is 3. The summed E-state index contributed by atoms with van der Waals surface area (Å²) in [5.74, 6) is 0.969. The van der Waals surface area contributed by atoms with Gasteiger partial charge in [-0.3, -0.25) is 37.3 Å². The molecule has 0 aliphatic heterocycles. The predicted molar refractivity (Wildman–Crippen MR) is 400 cm³/mol. The van der Waals surface area contributed by atoms with E-state index in [-0.39, 0.29) is 25.7 Å². The largest absolute Gasteiger partial charge is 0.472 e. The molecule has 0 saturated carbocycles. The number of hydrogen-bond acceptors (Lipinski definition) is 15. The number of rotatable bonds is 76. The van der Waals surface area contributed by atoms with Gasteiger partial charge in [0.1, 0.15) is 19.3 Å². The number of carbonyl (C=O) groups is 4. The zero-order valence-corrected chi connectivity index (χ0v) is 66.2. The van der Waals surface area contributed by atoms with E-state index in [9.17, 15) is 43.2 Å². The van der Waals surface area contributed by atoms with Crippen molar-refractivity contribution in [3.63, 3.8) is 0 Å². The average Bonchev–Trinajstić information content (AvgIpc) is 3.85. The molecule has 0 fully saturated rings. The van der Waals surface area contributed by atoms with Crippen LogP contribution in [0, 0.1) is 23.7 Å². The highest BCUT2D eigenvalue weighted by Crippen LogP contribution is 2.45. The molecule has 6 atom stereocenters. The molecule has 0 spiro atoms. The van der Waals surface area contributed by atoms with Crippen LogP contribution in [-0.4, -0.2) is 96.7 Å². The molecule has 0 amide bonds. The van der Waals surface area contributed by atoms with Gasteiger partial charge in [-0.1, -0.05) is 351 Å². The van der Waals surface area contributed by atoms with Crippen LogP contribution in [0.1, 0.15) is 402 Å². The molecule has 0 aromatic rings. The first kappa shape index (κ1) is 96.1. The van der Waals surface area contributed by atoms with Gasteiger partial charge in [-0.15, -0.1) is 0 Å².